The van der Waals surface area contributed by atoms with Gasteiger partial charge in [-0.15, -0.1) is 0 Å². The molecule has 2 N–H and O–H groups in total. The van der Waals surface area contributed by atoms with Gasteiger partial charge >= 0.3 is 0 Å². The molecule has 1 amide bonds. The van der Waals surface area contributed by atoms with Gasteiger partial charge in [0.05, 0.1) is 30.6 Å². The smallest absolute Gasteiger partial charge is 0.243 e. The lowest BCUT2D eigenvalue weighted by molar-refractivity contribution is -0.114. The Balaban J connectivity index is 2.06. The van der Waals surface area contributed by atoms with Gasteiger partial charge in [-0.05, 0) is 30.7 Å². The first-order valence-electron chi connectivity index (χ1n) is 6.92. The highest BCUT2D eigenvalue weighted by Gasteiger charge is 2.11. The van der Waals surface area contributed by atoms with E-state index in [0.717, 1.165) is 5.56 Å². The Morgan fingerprint density at radius 1 is 1.30 bits per heavy atom. The van der Waals surface area contributed by atoms with Crippen LogP contribution < -0.4 is 15.4 Å². The number of aryl methyl sites for hydroxylation is 1. The number of hydrogen-bond acceptors (Lipinski definition) is 4. The number of anilines is 2. The molecule has 0 saturated heterocycles. The van der Waals surface area contributed by atoms with Crippen LogP contribution in [0.1, 0.15) is 11.1 Å². The Kier molecular flexibility index (Phi) is 5.45. The van der Waals surface area contributed by atoms with Crippen molar-refractivity contribution in [1.29, 1.82) is 5.26 Å². The van der Waals surface area contributed by atoms with Gasteiger partial charge < -0.3 is 15.4 Å². The second-order valence-electron chi connectivity index (χ2n) is 4.86. The van der Waals surface area contributed by atoms with Crippen LogP contribution in [0.5, 0.6) is 5.75 Å². The van der Waals surface area contributed by atoms with E-state index in [2.05, 4.69) is 16.7 Å². The summed E-state index contributed by atoms with van der Waals surface area (Å²) < 4.78 is 5.22. The van der Waals surface area contributed by atoms with Crippen LogP contribution in [-0.2, 0) is 4.79 Å². The first-order valence-corrected chi connectivity index (χ1v) is 7.30. The van der Waals surface area contributed by atoms with E-state index >= 15 is 0 Å². The maximum Gasteiger partial charge on any atom is 0.243 e. The molecule has 0 aliphatic heterocycles. The fraction of sp³-hybridized carbons (Fsp3) is 0.176. The number of para-hydroxylation sites is 1. The molecular formula is C17H16ClN3O2. The monoisotopic (exact) mass is 329 g/mol. The molecule has 0 atom stereocenters. The summed E-state index contributed by atoms with van der Waals surface area (Å²) in [4.78, 5) is 12.1. The normalized spacial score (nSPS) is 9.83. The molecule has 23 heavy (non-hydrogen) atoms. The third kappa shape index (κ3) is 4.15. The molecule has 2 rings (SSSR count). The second kappa shape index (κ2) is 7.52. The minimum absolute atomic E-state index is 0.0313. The first kappa shape index (κ1) is 16.7. The molecule has 0 bridgehead atoms. The topological polar surface area (TPSA) is 74.2 Å². The molecule has 0 aromatic heterocycles. The number of carbonyl (C=O) groups excluding carboxylic acids is 1. The number of halogens is 1. The average molecular weight is 330 g/mol. The standard InChI is InChI=1S/C17H16ClN3O2/c1-11-7-15(16(23-2)8-13(11)18)21-17(22)10-20-14-6-4-3-5-12(14)9-19/h3-8,20H,10H2,1-2H3,(H,21,22). The number of benzene rings is 2. The minimum Gasteiger partial charge on any atom is -0.495 e. The molecule has 0 fully saturated rings. The van der Waals surface area contributed by atoms with Gasteiger partial charge in [0.15, 0.2) is 0 Å². The van der Waals surface area contributed by atoms with Gasteiger partial charge in [-0.1, -0.05) is 23.7 Å². The van der Waals surface area contributed by atoms with Gasteiger partial charge in [-0.2, -0.15) is 5.26 Å². The lowest BCUT2D eigenvalue weighted by atomic mass is 10.2. The van der Waals surface area contributed by atoms with Gasteiger partial charge in [-0.3, -0.25) is 4.79 Å². The van der Waals surface area contributed by atoms with Crippen molar-refractivity contribution in [3.63, 3.8) is 0 Å². The highest BCUT2D eigenvalue weighted by molar-refractivity contribution is 6.31. The van der Waals surface area contributed by atoms with Crippen molar-refractivity contribution >= 4 is 28.9 Å². The summed E-state index contributed by atoms with van der Waals surface area (Å²) >= 11 is 6.04. The van der Waals surface area contributed by atoms with E-state index in [1.54, 1.807) is 36.4 Å². The Morgan fingerprint density at radius 3 is 2.74 bits per heavy atom. The van der Waals surface area contributed by atoms with E-state index in [-0.39, 0.29) is 12.5 Å². The number of nitrogens with one attached hydrogen (secondary N) is 2. The number of nitriles is 1. The van der Waals surface area contributed by atoms with Crippen LogP contribution in [0.2, 0.25) is 5.02 Å². The van der Waals surface area contributed by atoms with Crippen molar-refractivity contribution in [2.75, 3.05) is 24.3 Å². The van der Waals surface area contributed by atoms with E-state index in [1.807, 2.05) is 6.92 Å². The van der Waals surface area contributed by atoms with Crippen LogP contribution in [0.4, 0.5) is 11.4 Å². The van der Waals surface area contributed by atoms with Crippen LogP contribution in [0, 0.1) is 18.3 Å². The van der Waals surface area contributed by atoms with E-state index in [0.29, 0.717) is 27.7 Å². The predicted octanol–water partition coefficient (Wildman–Crippen LogP) is 3.58. The molecule has 2 aromatic carbocycles. The lowest BCUT2D eigenvalue weighted by Crippen LogP contribution is -2.22. The van der Waals surface area contributed by atoms with E-state index in [1.165, 1.54) is 7.11 Å². The zero-order valence-electron chi connectivity index (χ0n) is 12.8. The molecule has 0 radical (unpaired) electrons. The van der Waals surface area contributed by atoms with Gasteiger partial charge in [0.25, 0.3) is 0 Å². The summed E-state index contributed by atoms with van der Waals surface area (Å²) in [6, 6.07) is 12.5. The van der Waals surface area contributed by atoms with Crippen LogP contribution >= 0.6 is 11.6 Å². The first-order chi connectivity index (χ1) is 11.0. The number of nitrogens with zero attached hydrogens (tertiary/aromatic N) is 1. The molecule has 0 saturated carbocycles. The molecule has 5 nitrogen and oxygen atoms in total. The zero-order valence-corrected chi connectivity index (χ0v) is 13.6. The fourth-order valence-electron chi connectivity index (χ4n) is 2.03. The maximum absolute atomic E-state index is 12.1. The molecular weight excluding hydrogens is 314 g/mol. The summed E-state index contributed by atoms with van der Waals surface area (Å²) in [5.74, 6) is 0.240. The lowest BCUT2D eigenvalue weighted by Gasteiger charge is -2.13. The molecule has 0 aliphatic rings. The summed E-state index contributed by atoms with van der Waals surface area (Å²) in [6.45, 7) is 1.88. The van der Waals surface area contributed by atoms with Gasteiger partial charge in [0.2, 0.25) is 5.91 Å². The zero-order chi connectivity index (χ0) is 16.8. The fourth-order valence-corrected chi connectivity index (χ4v) is 2.19. The van der Waals surface area contributed by atoms with Crippen LogP contribution in [0.25, 0.3) is 0 Å². The third-order valence-corrected chi connectivity index (χ3v) is 3.65. The molecule has 0 unspecified atom stereocenters. The Labute approximate surface area is 139 Å². The van der Waals surface area contributed by atoms with E-state index in [4.69, 9.17) is 21.6 Å². The summed E-state index contributed by atoms with van der Waals surface area (Å²) in [5.41, 5.74) is 2.49. The summed E-state index contributed by atoms with van der Waals surface area (Å²) in [6.07, 6.45) is 0. The van der Waals surface area contributed by atoms with Crippen molar-refractivity contribution in [3.05, 3.63) is 52.5 Å². The highest BCUT2D eigenvalue weighted by Crippen LogP contribution is 2.30. The summed E-state index contributed by atoms with van der Waals surface area (Å²) in [7, 11) is 1.51. The average Bonchev–Trinajstić information content (AvgIpc) is 2.56. The van der Waals surface area contributed by atoms with Crippen molar-refractivity contribution in [3.8, 4) is 11.8 Å². The van der Waals surface area contributed by atoms with E-state index < -0.39 is 0 Å². The minimum atomic E-state index is -0.252. The number of amides is 1. The van der Waals surface area contributed by atoms with Crippen LogP contribution in [0.3, 0.4) is 0 Å². The van der Waals surface area contributed by atoms with Crippen molar-refractivity contribution in [2.24, 2.45) is 0 Å². The highest BCUT2D eigenvalue weighted by atomic mass is 35.5. The number of methoxy groups -OCH3 is 1. The molecule has 6 heteroatoms. The molecule has 118 valence electrons. The van der Waals surface area contributed by atoms with Crippen molar-refractivity contribution in [2.45, 2.75) is 6.92 Å². The number of hydrogen-bond donors (Lipinski definition) is 2. The molecule has 0 aliphatic carbocycles. The number of ether oxygens (including phenoxy) is 1. The van der Waals surface area contributed by atoms with Crippen LogP contribution in [-0.4, -0.2) is 19.6 Å². The number of carbonyl (C=O) groups is 1. The second-order valence-corrected chi connectivity index (χ2v) is 5.27. The third-order valence-electron chi connectivity index (χ3n) is 3.24. The predicted molar refractivity (Wildman–Crippen MR) is 91.0 cm³/mol. The molecule has 2 aromatic rings. The maximum atomic E-state index is 12.1. The number of rotatable bonds is 5. The van der Waals surface area contributed by atoms with Gasteiger partial charge in [0.1, 0.15) is 11.8 Å². The van der Waals surface area contributed by atoms with Crippen molar-refractivity contribution in [1.82, 2.24) is 0 Å². The quantitative estimate of drug-likeness (QED) is 0.879. The van der Waals surface area contributed by atoms with Crippen LogP contribution in [0.15, 0.2) is 36.4 Å². The Morgan fingerprint density at radius 2 is 2.04 bits per heavy atom. The Hall–Kier alpha value is -2.71. The molecule has 0 heterocycles. The van der Waals surface area contributed by atoms with Crippen molar-refractivity contribution < 1.29 is 9.53 Å². The Bertz CT molecular complexity index is 769. The van der Waals surface area contributed by atoms with Gasteiger partial charge in [0, 0.05) is 11.1 Å². The van der Waals surface area contributed by atoms with E-state index in [9.17, 15) is 4.79 Å². The largest absolute Gasteiger partial charge is 0.495 e. The molecule has 0 spiro atoms. The summed E-state index contributed by atoms with van der Waals surface area (Å²) in [5, 5.41) is 15.3. The van der Waals surface area contributed by atoms with Gasteiger partial charge in [-0.25, -0.2) is 0 Å². The SMILES string of the molecule is COc1cc(Cl)c(C)cc1NC(=O)CNc1ccccc1C#N.